The van der Waals surface area contributed by atoms with Crippen LogP contribution >= 0.6 is 11.6 Å². The van der Waals surface area contributed by atoms with Gasteiger partial charge in [-0.1, -0.05) is 44.5 Å². The Hall–Kier alpha value is -1.85. The standard InChI is InChI=1S/C28H41ClN4O/c1-27(2,3)19-9-13-21(14-10-19)30-26(34)24-17-22(23-15-16-33(32-23)28(4,5)6)25(31-24)18-7-11-20(29)12-8-18/h7-8,11-12,15-16,19,21-22,24-25,31H,9-10,13-14,17H2,1-6H3,(H,30,34)/t19?,21?,22-,24-,25-/m0/s1. The fourth-order valence-corrected chi connectivity index (χ4v) is 5.70. The van der Waals surface area contributed by atoms with Crippen molar-refractivity contribution in [3.05, 3.63) is 52.8 Å². The van der Waals surface area contributed by atoms with Crippen LogP contribution in [0.2, 0.25) is 5.02 Å². The number of carbonyl (C=O) groups is 1. The quantitative estimate of drug-likeness (QED) is 0.543. The molecule has 0 unspecified atom stereocenters. The minimum absolute atomic E-state index is 0.0213. The summed E-state index contributed by atoms with van der Waals surface area (Å²) in [5.74, 6) is 0.981. The highest BCUT2D eigenvalue weighted by molar-refractivity contribution is 6.30. The highest BCUT2D eigenvalue weighted by atomic mass is 35.5. The smallest absolute Gasteiger partial charge is 0.237 e. The molecule has 2 heterocycles. The molecule has 6 heteroatoms. The summed E-state index contributed by atoms with van der Waals surface area (Å²) in [4.78, 5) is 13.3. The Labute approximate surface area is 210 Å². The van der Waals surface area contributed by atoms with Gasteiger partial charge in [-0.25, -0.2) is 0 Å². The summed E-state index contributed by atoms with van der Waals surface area (Å²) in [5, 5.41) is 12.6. The van der Waals surface area contributed by atoms with Crippen molar-refractivity contribution in [2.45, 2.75) is 103 Å². The molecule has 2 N–H and O–H groups in total. The van der Waals surface area contributed by atoms with E-state index in [4.69, 9.17) is 16.7 Å². The number of hydrogen-bond donors (Lipinski definition) is 2. The summed E-state index contributed by atoms with van der Waals surface area (Å²) in [6.45, 7) is 13.4. The molecule has 1 saturated heterocycles. The number of amides is 1. The summed E-state index contributed by atoms with van der Waals surface area (Å²) < 4.78 is 2.02. The number of nitrogens with zero attached hydrogens (tertiary/aromatic N) is 2. The number of hydrogen-bond acceptors (Lipinski definition) is 3. The average molecular weight is 485 g/mol. The number of rotatable bonds is 4. The molecule has 1 aliphatic carbocycles. The molecule has 2 aliphatic rings. The van der Waals surface area contributed by atoms with Crippen LogP contribution in [0.1, 0.15) is 96.9 Å². The zero-order valence-corrected chi connectivity index (χ0v) is 22.3. The summed E-state index contributed by atoms with van der Waals surface area (Å²) in [6.07, 6.45) is 7.30. The van der Waals surface area contributed by atoms with Crippen molar-refractivity contribution >= 4 is 17.5 Å². The highest BCUT2D eigenvalue weighted by Crippen LogP contribution is 2.41. The van der Waals surface area contributed by atoms with E-state index in [1.807, 2.05) is 16.8 Å². The molecule has 5 nitrogen and oxygen atoms in total. The predicted molar refractivity (Wildman–Crippen MR) is 139 cm³/mol. The van der Waals surface area contributed by atoms with Crippen LogP contribution in [0.25, 0.3) is 0 Å². The topological polar surface area (TPSA) is 59.0 Å². The van der Waals surface area contributed by atoms with E-state index in [1.165, 1.54) is 12.8 Å². The Balaban J connectivity index is 1.48. The van der Waals surface area contributed by atoms with Gasteiger partial charge >= 0.3 is 0 Å². The van der Waals surface area contributed by atoms with E-state index in [1.54, 1.807) is 0 Å². The summed E-state index contributed by atoms with van der Waals surface area (Å²) in [7, 11) is 0. The van der Waals surface area contributed by atoms with Crippen molar-refractivity contribution in [2.24, 2.45) is 11.3 Å². The molecule has 2 aromatic rings. The first-order valence-corrected chi connectivity index (χ1v) is 13.2. The molecule has 1 aliphatic heterocycles. The predicted octanol–water partition coefficient (Wildman–Crippen LogP) is 6.20. The van der Waals surface area contributed by atoms with Crippen molar-refractivity contribution < 1.29 is 4.79 Å². The first kappa shape index (κ1) is 25.2. The van der Waals surface area contributed by atoms with Gasteiger partial charge in [-0.05, 0) is 88.0 Å². The second-order valence-electron chi connectivity index (χ2n) is 12.4. The fourth-order valence-electron chi connectivity index (χ4n) is 5.58. The molecule has 186 valence electrons. The van der Waals surface area contributed by atoms with Gasteiger partial charge in [0.1, 0.15) is 0 Å². The molecule has 1 saturated carbocycles. The van der Waals surface area contributed by atoms with E-state index in [0.29, 0.717) is 5.41 Å². The lowest BCUT2D eigenvalue weighted by molar-refractivity contribution is -0.123. The van der Waals surface area contributed by atoms with Crippen molar-refractivity contribution in [3.63, 3.8) is 0 Å². The van der Waals surface area contributed by atoms with Gasteiger partial charge in [0.05, 0.1) is 17.3 Å². The Kier molecular flexibility index (Phi) is 7.17. The molecule has 0 bridgehead atoms. The van der Waals surface area contributed by atoms with Gasteiger partial charge in [-0.15, -0.1) is 0 Å². The van der Waals surface area contributed by atoms with Crippen molar-refractivity contribution in [1.29, 1.82) is 0 Å². The maximum absolute atomic E-state index is 13.3. The Morgan fingerprint density at radius 1 is 1.03 bits per heavy atom. The van der Waals surface area contributed by atoms with Crippen LogP contribution in [0, 0.1) is 11.3 Å². The minimum atomic E-state index is -0.231. The van der Waals surface area contributed by atoms with Crippen LogP contribution in [0.3, 0.4) is 0 Å². The lowest BCUT2D eigenvalue weighted by atomic mass is 9.71. The van der Waals surface area contributed by atoms with Gasteiger partial charge in [0.25, 0.3) is 0 Å². The van der Waals surface area contributed by atoms with Gasteiger partial charge in [0, 0.05) is 29.2 Å². The van der Waals surface area contributed by atoms with Crippen LogP contribution < -0.4 is 10.6 Å². The molecular weight excluding hydrogens is 444 g/mol. The van der Waals surface area contributed by atoms with Gasteiger partial charge in [0.15, 0.2) is 0 Å². The van der Waals surface area contributed by atoms with Crippen LogP contribution in [0.5, 0.6) is 0 Å². The van der Waals surface area contributed by atoms with Crippen molar-refractivity contribution in [2.75, 3.05) is 0 Å². The third-order valence-electron chi connectivity index (χ3n) is 7.79. The molecule has 1 aromatic heterocycles. The normalized spacial score (nSPS) is 28.1. The lowest BCUT2D eigenvalue weighted by Gasteiger charge is -2.37. The van der Waals surface area contributed by atoms with E-state index in [2.05, 4.69) is 76.6 Å². The van der Waals surface area contributed by atoms with E-state index in [9.17, 15) is 4.79 Å². The van der Waals surface area contributed by atoms with Crippen LogP contribution in [0.4, 0.5) is 0 Å². The average Bonchev–Trinajstić information content (AvgIpc) is 3.41. The van der Waals surface area contributed by atoms with E-state index < -0.39 is 0 Å². The second-order valence-corrected chi connectivity index (χ2v) is 12.8. The fraction of sp³-hybridized carbons (Fsp3) is 0.643. The number of benzene rings is 1. The number of halogens is 1. The van der Waals surface area contributed by atoms with Crippen LogP contribution in [-0.4, -0.2) is 27.8 Å². The summed E-state index contributed by atoms with van der Waals surface area (Å²) >= 11 is 6.15. The van der Waals surface area contributed by atoms with Gasteiger partial charge in [0.2, 0.25) is 5.91 Å². The second kappa shape index (κ2) is 9.66. The number of aromatic nitrogens is 2. The van der Waals surface area contributed by atoms with Crippen LogP contribution in [-0.2, 0) is 10.3 Å². The molecule has 1 aromatic carbocycles. The third-order valence-corrected chi connectivity index (χ3v) is 8.05. The number of carbonyl (C=O) groups excluding carboxylic acids is 1. The molecule has 3 atom stereocenters. The van der Waals surface area contributed by atoms with Crippen LogP contribution in [0.15, 0.2) is 36.5 Å². The molecule has 1 amide bonds. The molecule has 4 rings (SSSR count). The molecule has 0 radical (unpaired) electrons. The Morgan fingerprint density at radius 2 is 1.68 bits per heavy atom. The van der Waals surface area contributed by atoms with Crippen molar-refractivity contribution in [1.82, 2.24) is 20.4 Å². The molecular formula is C28H41ClN4O. The van der Waals surface area contributed by atoms with E-state index in [-0.39, 0.29) is 35.5 Å². The largest absolute Gasteiger partial charge is 0.352 e. The van der Waals surface area contributed by atoms with Gasteiger partial charge < -0.3 is 5.32 Å². The zero-order valence-electron chi connectivity index (χ0n) is 21.6. The lowest BCUT2D eigenvalue weighted by Crippen LogP contribution is -2.47. The minimum Gasteiger partial charge on any atom is -0.352 e. The molecule has 34 heavy (non-hydrogen) atoms. The van der Waals surface area contributed by atoms with Crippen molar-refractivity contribution in [3.8, 4) is 0 Å². The summed E-state index contributed by atoms with van der Waals surface area (Å²) in [6, 6.07) is 10.1. The Bertz CT molecular complexity index is 977. The maximum atomic E-state index is 13.3. The first-order chi connectivity index (χ1) is 15.9. The van der Waals surface area contributed by atoms with E-state index >= 15 is 0 Å². The molecule has 2 fully saturated rings. The Morgan fingerprint density at radius 3 is 2.24 bits per heavy atom. The SMILES string of the molecule is CC(C)(C)C1CCC(NC(=O)[C@@H]2C[C@@H](c3ccn(C(C)(C)C)n3)[C@H](c3ccc(Cl)cc3)N2)CC1. The maximum Gasteiger partial charge on any atom is 0.237 e. The van der Waals surface area contributed by atoms with E-state index in [0.717, 1.165) is 41.5 Å². The molecule has 0 spiro atoms. The zero-order chi connectivity index (χ0) is 24.7. The van der Waals surface area contributed by atoms with Gasteiger partial charge in [-0.2, -0.15) is 5.10 Å². The third kappa shape index (κ3) is 5.68. The van der Waals surface area contributed by atoms with Gasteiger partial charge in [-0.3, -0.25) is 14.8 Å². The monoisotopic (exact) mass is 484 g/mol. The first-order valence-electron chi connectivity index (χ1n) is 12.8. The number of nitrogens with one attached hydrogen (secondary N) is 2. The summed E-state index contributed by atoms with van der Waals surface area (Å²) in [5.41, 5.74) is 2.43. The highest BCUT2D eigenvalue weighted by Gasteiger charge is 2.41.